The lowest BCUT2D eigenvalue weighted by atomic mass is 9.70. The third kappa shape index (κ3) is 2.56. The Morgan fingerprint density at radius 2 is 1.89 bits per heavy atom. The number of hydrogen-bond donors (Lipinski definition) is 1. The molecule has 1 heterocycles. The lowest BCUT2D eigenvalue weighted by Crippen LogP contribution is -2.59. The van der Waals surface area contributed by atoms with Gasteiger partial charge in [-0.25, -0.2) is 0 Å². The average molecular weight is 259 g/mol. The van der Waals surface area contributed by atoms with E-state index in [1.54, 1.807) is 0 Å². The highest BCUT2D eigenvalue weighted by Gasteiger charge is 2.45. The molecule has 2 heteroatoms. The first kappa shape index (κ1) is 13.1. The van der Waals surface area contributed by atoms with Crippen molar-refractivity contribution in [1.82, 2.24) is 5.32 Å². The number of nitrogens with one attached hydrogen (secondary N) is 1. The highest BCUT2D eigenvalue weighted by molar-refractivity contribution is 5.19. The minimum atomic E-state index is 0.0442. The zero-order valence-corrected chi connectivity index (χ0v) is 12.2. The first-order valence-electron chi connectivity index (χ1n) is 7.54. The molecule has 0 spiro atoms. The van der Waals surface area contributed by atoms with E-state index in [9.17, 15) is 0 Å². The van der Waals surface area contributed by atoms with E-state index in [1.807, 2.05) is 0 Å². The van der Waals surface area contributed by atoms with Crippen LogP contribution in [0.1, 0.15) is 51.8 Å². The predicted octanol–water partition coefficient (Wildman–Crippen LogP) is 3.89. The van der Waals surface area contributed by atoms with Gasteiger partial charge in [0.1, 0.15) is 6.23 Å². The van der Waals surface area contributed by atoms with E-state index < -0.39 is 0 Å². The quantitative estimate of drug-likeness (QED) is 0.826. The van der Waals surface area contributed by atoms with Crippen molar-refractivity contribution in [2.45, 2.75) is 57.9 Å². The van der Waals surface area contributed by atoms with Crippen molar-refractivity contribution in [3.05, 3.63) is 35.9 Å². The molecular weight excluding hydrogens is 234 g/mol. The van der Waals surface area contributed by atoms with Gasteiger partial charge in [0, 0.05) is 11.5 Å². The zero-order chi connectivity index (χ0) is 13.5. The van der Waals surface area contributed by atoms with Crippen LogP contribution in [0.4, 0.5) is 0 Å². The Kier molecular flexibility index (Phi) is 3.40. The molecule has 0 radical (unpaired) electrons. The number of benzene rings is 1. The van der Waals surface area contributed by atoms with Crippen LogP contribution in [-0.4, -0.2) is 11.6 Å². The number of ether oxygens (including phenoxy) is 1. The maximum Gasteiger partial charge on any atom is 0.135 e. The molecule has 2 fully saturated rings. The molecule has 1 aromatic carbocycles. The van der Waals surface area contributed by atoms with Crippen LogP contribution in [0.5, 0.6) is 0 Å². The van der Waals surface area contributed by atoms with Crippen molar-refractivity contribution in [3.63, 3.8) is 0 Å². The van der Waals surface area contributed by atoms with E-state index in [0.717, 1.165) is 5.92 Å². The Balaban J connectivity index is 1.83. The van der Waals surface area contributed by atoms with Crippen LogP contribution in [0, 0.1) is 11.8 Å². The predicted molar refractivity (Wildman–Crippen MR) is 77.8 cm³/mol. The van der Waals surface area contributed by atoms with E-state index in [4.69, 9.17) is 4.74 Å². The summed E-state index contributed by atoms with van der Waals surface area (Å²) in [4.78, 5) is 0. The lowest BCUT2D eigenvalue weighted by Gasteiger charge is -2.51. The van der Waals surface area contributed by atoms with Gasteiger partial charge >= 0.3 is 0 Å². The van der Waals surface area contributed by atoms with Gasteiger partial charge in [0.15, 0.2) is 0 Å². The second kappa shape index (κ2) is 4.92. The fourth-order valence-corrected chi connectivity index (χ4v) is 3.75. The molecule has 0 bridgehead atoms. The summed E-state index contributed by atoms with van der Waals surface area (Å²) in [6.45, 7) is 7.02. The molecule has 0 unspecified atom stereocenters. The molecule has 1 saturated carbocycles. The number of hydrogen-bond acceptors (Lipinski definition) is 2. The van der Waals surface area contributed by atoms with Gasteiger partial charge in [-0.2, -0.15) is 0 Å². The second-order valence-electron chi connectivity index (χ2n) is 6.86. The summed E-state index contributed by atoms with van der Waals surface area (Å²) < 4.78 is 6.37. The molecule has 0 aromatic heterocycles. The van der Waals surface area contributed by atoms with Crippen LogP contribution in [0.25, 0.3) is 0 Å². The van der Waals surface area contributed by atoms with E-state index in [0.29, 0.717) is 12.0 Å². The summed E-state index contributed by atoms with van der Waals surface area (Å²) in [6, 6.07) is 10.5. The molecule has 1 N–H and O–H groups in total. The van der Waals surface area contributed by atoms with Gasteiger partial charge in [0.25, 0.3) is 0 Å². The lowest BCUT2D eigenvalue weighted by molar-refractivity contribution is -0.156. The molecule has 3 rings (SSSR count). The Morgan fingerprint density at radius 3 is 2.63 bits per heavy atom. The highest BCUT2D eigenvalue weighted by Crippen LogP contribution is 2.43. The van der Waals surface area contributed by atoms with Crippen molar-refractivity contribution in [3.8, 4) is 0 Å². The molecule has 1 aromatic rings. The van der Waals surface area contributed by atoms with Crippen LogP contribution in [-0.2, 0) is 4.74 Å². The highest BCUT2D eigenvalue weighted by atomic mass is 16.5. The summed E-state index contributed by atoms with van der Waals surface area (Å²) in [6.07, 6.45) is 4.28. The molecule has 19 heavy (non-hydrogen) atoms. The Hall–Kier alpha value is -0.860. The van der Waals surface area contributed by atoms with Crippen molar-refractivity contribution in [1.29, 1.82) is 0 Å². The smallest absolute Gasteiger partial charge is 0.135 e. The van der Waals surface area contributed by atoms with Crippen LogP contribution in [0.15, 0.2) is 30.3 Å². The van der Waals surface area contributed by atoms with Crippen LogP contribution < -0.4 is 5.32 Å². The topological polar surface area (TPSA) is 21.3 Å². The van der Waals surface area contributed by atoms with Crippen molar-refractivity contribution in [2.24, 2.45) is 11.8 Å². The van der Waals surface area contributed by atoms with Crippen LogP contribution in [0.2, 0.25) is 0 Å². The Labute approximate surface area is 116 Å². The van der Waals surface area contributed by atoms with Gasteiger partial charge in [-0.05, 0) is 38.2 Å². The van der Waals surface area contributed by atoms with Gasteiger partial charge in [0.2, 0.25) is 0 Å². The minimum absolute atomic E-state index is 0.0442. The normalized spacial score (nSPS) is 37.6. The zero-order valence-electron chi connectivity index (χ0n) is 12.2. The Bertz CT molecular complexity index is 428. The molecular formula is C17H25NO. The van der Waals surface area contributed by atoms with E-state index in [-0.39, 0.29) is 11.8 Å². The molecule has 1 saturated heterocycles. The fourth-order valence-electron chi connectivity index (χ4n) is 3.75. The summed E-state index contributed by atoms with van der Waals surface area (Å²) >= 11 is 0. The van der Waals surface area contributed by atoms with Crippen molar-refractivity contribution in [2.75, 3.05) is 0 Å². The fraction of sp³-hybridized carbons (Fsp3) is 0.647. The second-order valence-corrected chi connectivity index (χ2v) is 6.86. The maximum absolute atomic E-state index is 6.37. The largest absolute Gasteiger partial charge is 0.355 e. The van der Waals surface area contributed by atoms with Crippen molar-refractivity contribution >= 4 is 0 Å². The summed E-state index contributed by atoms with van der Waals surface area (Å²) in [5.41, 5.74) is 1.40. The molecule has 2 aliphatic rings. The molecule has 1 aliphatic carbocycles. The average Bonchev–Trinajstić information content (AvgIpc) is 2.38. The summed E-state index contributed by atoms with van der Waals surface area (Å²) in [5, 5.41) is 3.70. The van der Waals surface area contributed by atoms with E-state index >= 15 is 0 Å². The van der Waals surface area contributed by atoms with Crippen molar-refractivity contribution < 1.29 is 4.74 Å². The third-order valence-electron chi connectivity index (χ3n) is 4.90. The first-order chi connectivity index (χ1) is 9.06. The SMILES string of the molecule is C[C@@H]1CC[C@@H]2[C@@H](C1)O[C@@H](c1ccccc1)NC2(C)C. The maximum atomic E-state index is 6.37. The minimum Gasteiger partial charge on any atom is -0.355 e. The van der Waals surface area contributed by atoms with Gasteiger partial charge in [-0.15, -0.1) is 0 Å². The van der Waals surface area contributed by atoms with Crippen LogP contribution >= 0.6 is 0 Å². The summed E-state index contributed by atoms with van der Waals surface area (Å²) in [7, 11) is 0. The van der Waals surface area contributed by atoms with Gasteiger partial charge in [-0.3, -0.25) is 5.32 Å². The summed E-state index contributed by atoms with van der Waals surface area (Å²) in [5.74, 6) is 1.44. The van der Waals surface area contributed by atoms with Crippen LogP contribution in [0.3, 0.4) is 0 Å². The number of fused-ring (bicyclic) bond motifs is 1. The first-order valence-corrected chi connectivity index (χ1v) is 7.54. The molecule has 2 nitrogen and oxygen atoms in total. The van der Waals surface area contributed by atoms with E-state index in [1.165, 1.54) is 24.8 Å². The van der Waals surface area contributed by atoms with E-state index in [2.05, 4.69) is 56.4 Å². The molecule has 104 valence electrons. The number of rotatable bonds is 1. The van der Waals surface area contributed by atoms with Gasteiger partial charge in [0.05, 0.1) is 6.10 Å². The monoisotopic (exact) mass is 259 g/mol. The van der Waals surface area contributed by atoms with Gasteiger partial charge < -0.3 is 4.74 Å². The third-order valence-corrected chi connectivity index (χ3v) is 4.90. The molecule has 1 aliphatic heterocycles. The standard InChI is InChI=1S/C17H25NO/c1-12-9-10-14-15(11-12)19-16(18-17(14,2)3)13-7-5-4-6-8-13/h4-8,12,14-16,18H,9-11H2,1-3H3/t12-,14-,15-,16+/m1/s1. The molecule has 4 atom stereocenters. The molecule has 0 amide bonds. The van der Waals surface area contributed by atoms with Gasteiger partial charge in [-0.1, -0.05) is 43.7 Å². The Morgan fingerprint density at radius 1 is 1.16 bits per heavy atom.